The van der Waals surface area contributed by atoms with Gasteiger partial charge in [-0.1, -0.05) is 19.8 Å². The molecule has 1 aliphatic carbocycles. The van der Waals surface area contributed by atoms with Gasteiger partial charge in [-0.05, 0) is 37.8 Å². The minimum absolute atomic E-state index is 0.651. The van der Waals surface area contributed by atoms with E-state index in [1.807, 2.05) is 13.1 Å². The fourth-order valence-electron chi connectivity index (χ4n) is 2.35. The summed E-state index contributed by atoms with van der Waals surface area (Å²) in [5.74, 6) is 0.870. The van der Waals surface area contributed by atoms with Crippen LogP contribution in [-0.4, -0.2) is 11.0 Å². The van der Waals surface area contributed by atoms with E-state index < -0.39 is 0 Å². The van der Waals surface area contributed by atoms with Gasteiger partial charge in [-0.15, -0.1) is 0 Å². The number of aromatic nitrogens is 1. The molecule has 2 heteroatoms. The van der Waals surface area contributed by atoms with Crippen LogP contribution in [0.15, 0.2) is 18.3 Å². The van der Waals surface area contributed by atoms with Crippen LogP contribution in [0.2, 0.25) is 0 Å². The zero-order valence-electron chi connectivity index (χ0n) is 9.66. The minimum atomic E-state index is 0.651. The van der Waals surface area contributed by atoms with Gasteiger partial charge in [0.05, 0.1) is 11.9 Å². The van der Waals surface area contributed by atoms with E-state index in [0.29, 0.717) is 6.04 Å². The van der Waals surface area contributed by atoms with Gasteiger partial charge in [-0.3, -0.25) is 4.98 Å². The molecule has 1 heterocycles. The molecular formula is C13H20N2. The molecule has 0 aliphatic heterocycles. The summed E-state index contributed by atoms with van der Waals surface area (Å²) < 4.78 is 0. The number of aryl methyl sites for hydroxylation is 1. The van der Waals surface area contributed by atoms with Crippen LogP contribution in [-0.2, 0) is 0 Å². The number of rotatable bonds is 2. The van der Waals surface area contributed by atoms with Crippen molar-refractivity contribution in [3.05, 3.63) is 24.0 Å². The smallest absolute Gasteiger partial charge is 0.0529 e. The van der Waals surface area contributed by atoms with Crippen LogP contribution in [0.5, 0.6) is 0 Å². The molecule has 1 aromatic heterocycles. The zero-order chi connectivity index (χ0) is 10.7. The number of hydrogen-bond acceptors (Lipinski definition) is 2. The predicted octanol–water partition coefficient (Wildman–Crippen LogP) is 3.38. The van der Waals surface area contributed by atoms with E-state index in [0.717, 1.165) is 11.6 Å². The Balaban J connectivity index is 1.93. The molecule has 82 valence electrons. The molecule has 1 saturated carbocycles. The van der Waals surface area contributed by atoms with Gasteiger partial charge in [-0.25, -0.2) is 0 Å². The van der Waals surface area contributed by atoms with Gasteiger partial charge < -0.3 is 5.32 Å². The highest BCUT2D eigenvalue weighted by Gasteiger charge is 2.18. The van der Waals surface area contributed by atoms with Crippen molar-refractivity contribution in [1.29, 1.82) is 0 Å². The maximum Gasteiger partial charge on any atom is 0.0529 e. The van der Waals surface area contributed by atoms with Crippen LogP contribution < -0.4 is 5.32 Å². The molecule has 1 N–H and O–H groups in total. The van der Waals surface area contributed by atoms with E-state index in [2.05, 4.69) is 29.4 Å². The number of pyridine rings is 1. The first kappa shape index (κ1) is 10.5. The molecule has 1 fully saturated rings. The monoisotopic (exact) mass is 204 g/mol. The topological polar surface area (TPSA) is 24.9 Å². The van der Waals surface area contributed by atoms with Crippen LogP contribution in [0.3, 0.4) is 0 Å². The molecule has 2 nitrogen and oxygen atoms in total. The van der Waals surface area contributed by atoms with Gasteiger partial charge in [-0.2, -0.15) is 0 Å². The second-order valence-electron chi connectivity index (χ2n) is 4.80. The van der Waals surface area contributed by atoms with Crippen molar-refractivity contribution < 1.29 is 0 Å². The summed E-state index contributed by atoms with van der Waals surface area (Å²) in [4.78, 5) is 4.30. The maximum absolute atomic E-state index is 4.30. The van der Waals surface area contributed by atoms with E-state index in [-0.39, 0.29) is 0 Å². The van der Waals surface area contributed by atoms with Crippen molar-refractivity contribution in [1.82, 2.24) is 4.98 Å². The second kappa shape index (κ2) is 4.65. The van der Waals surface area contributed by atoms with E-state index >= 15 is 0 Å². The summed E-state index contributed by atoms with van der Waals surface area (Å²) in [6.07, 6.45) is 7.29. The largest absolute Gasteiger partial charge is 0.381 e. The average Bonchev–Trinajstić information content (AvgIpc) is 2.22. The normalized spacial score (nSPS) is 26.3. The SMILES string of the molecule is Cc1ccc(N[C@H]2CCC[C@@H](C)C2)cn1. The van der Waals surface area contributed by atoms with E-state index in [1.165, 1.54) is 31.4 Å². The van der Waals surface area contributed by atoms with Gasteiger partial charge in [0.25, 0.3) is 0 Å². The Morgan fingerprint density at radius 3 is 2.87 bits per heavy atom. The summed E-state index contributed by atoms with van der Waals surface area (Å²) in [7, 11) is 0. The Labute approximate surface area is 92.1 Å². The van der Waals surface area contributed by atoms with Gasteiger partial charge in [0.2, 0.25) is 0 Å². The first-order valence-corrected chi connectivity index (χ1v) is 5.93. The Hall–Kier alpha value is -1.05. The first-order chi connectivity index (χ1) is 7.24. The predicted molar refractivity (Wildman–Crippen MR) is 64.0 cm³/mol. The van der Waals surface area contributed by atoms with Crippen LogP contribution in [0.1, 0.15) is 38.3 Å². The third kappa shape index (κ3) is 2.95. The summed E-state index contributed by atoms with van der Waals surface area (Å²) >= 11 is 0. The highest BCUT2D eigenvalue weighted by atomic mass is 14.9. The zero-order valence-corrected chi connectivity index (χ0v) is 9.66. The van der Waals surface area contributed by atoms with Crippen molar-refractivity contribution in [2.24, 2.45) is 5.92 Å². The Bertz CT molecular complexity index is 305. The molecule has 2 atom stereocenters. The molecule has 1 aliphatic rings. The molecule has 0 unspecified atom stereocenters. The van der Waals surface area contributed by atoms with Crippen LogP contribution in [0, 0.1) is 12.8 Å². The van der Waals surface area contributed by atoms with Crippen molar-refractivity contribution >= 4 is 5.69 Å². The van der Waals surface area contributed by atoms with Crippen molar-refractivity contribution in [3.8, 4) is 0 Å². The third-order valence-electron chi connectivity index (χ3n) is 3.22. The van der Waals surface area contributed by atoms with Crippen molar-refractivity contribution in [2.45, 2.75) is 45.6 Å². The molecule has 0 bridgehead atoms. The van der Waals surface area contributed by atoms with Gasteiger partial charge in [0.15, 0.2) is 0 Å². The van der Waals surface area contributed by atoms with Gasteiger partial charge >= 0.3 is 0 Å². The number of hydrogen-bond donors (Lipinski definition) is 1. The van der Waals surface area contributed by atoms with Crippen LogP contribution in [0.4, 0.5) is 5.69 Å². The lowest BCUT2D eigenvalue weighted by Crippen LogP contribution is -2.26. The van der Waals surface area contributed by atoms with Gasteiger partial charge in [0.1, 0.15) is 0 Å². The lowest BCUT2D eigenvalue weighted by molar-refractivity contribution is 0.358. The minimum Gasteiger partial charge on any atom is -0.381 e. The van der Waals surface area contributed by atoms with Crippen LogP contribution >= 0.6 is 0 Å². The van der Waals surface area contributed by atoms with E-state index in [1.54, 1.807) is 0 Å². The van der Waals surface area contributed by atoms with Crippen molar-refractivity contribution in [2.75, 3.05) is 5.32 Å². The lowest BCUT2D eigenvalue weighted by Gasteiger charge is -2.28. The van der Waals surface area contributed by atoms with E-state index in [9.17, 15) is 0 Å². The first-order valence-electron chi connectivity index (χ1n) is 5.93. The molecule has 0 amide bonds. The number of nitrogens with one attached hydrogen (secondary N) is 1. The molecule has 0 radical (unpaired) electrons. The fourth-order valence-corrected chi connectivity index (χ4v) is 2.35. The summed E-state index contributed by atoms with van der Waals surface area (Å²) in [5.41, 5.74) is 2.25. The molecular weight excluding hydrogens is 184 g/mol. The number of anilines is 1. The van der Waals surface area contributed by atoms with Gasteiger partial charge in [0, 0.05) is 11.7 Å². The molecule has 15 heavy (non-hydrogen) atoms. The Kier molecular flexibility index (Phi) is 3.24. The van der Waals surface area contributed by atoms with Crippen LogP contribution in [0.25, 0.3) is 0 Å². The standard InChI is InChI=1S/C13H20N2/c1-10-4-3-5-12(8-10)15-13-7-6-11(2)14-9-13/h6-7,9-10,12,15H,3-5,8H2,1-2H3/t10-,12+/m1/s1. The Morgan fingerprint density at radius 2 is 2.20 bits per heavy atom. The summed E-state index contributed by atoms with van der Waals surface area (Å²) in [5, 5.41) is 3.58. The fraction of sp³-hybridized carbons (Fsp3) is 0.615. The highest BCUT2D eigenvalue weighted by Crippen LogP contribution is 2.25. The highest BCUT2D eigenvalue weighted by molar-refractivity contribution is 5.41. The molecule has 0 spiro atoms. The quantitative estimate of drug-likeness (QED) is 0.798. The summed E-state index contributed by atoms with van der Waals surface area (Å²) in [6.45, 7) is 4.37. The third-order valence-corrected chi connectivity index (χ3v) is 3.22. The van der Waals surface area contributed by atoms with E-state index in [4.69, 9.17) is 0 Å². The molecule has 1 aromatic rings. The average molecular weight is 204 g/mol. The summed E-state index contributed by atoms with van der Waals surface area (Å²) in [6, 6.07) is 4.84. The Morgan fingerprint density at radius 1 is 1.33 bits per heavy atom. The second-order valence-corrected chi connectivity index (χ2v) is 4.80. The molecule has 0 saturated heterocycles. The van der Waals surface area contributed by atoms with Crippen molar-refractivity contribution in [3.63, 3.8) is 0 Å². The maximum atomic E-state index is 4.30. The molecule has 2 rings (SSSR count). The lowest BCUT2D eigenvalue weighted by atomic mass is 9.87. The molecule has 0 aromatic carbocycles. The number of nitrogens with zero attached hydrogens (tertiary/aromatic N) is 1.